The second kappa shape index (κ2) is 12.3. The third kappa shape index (κ3) is 7.86. The van der Waals surface area contributed by atoms with Crippen LogP contribution in [0.25, 0.3) is 0 Å². The SMILES string of the molecule is CCCCCCCc1ccc(N=Cc2ccc(OCCCC)cc2)cc1. The standard InChI is InChI=1S/C24H33NO/c1-3-5-7-8-9-10-21-11-15-23(16-12-21)25-20-22-13-17-24(18-14-22)26-19-6-4-2/h11-18,20H,3-10,19H2,1-2H3. The van der Waals surface area contributed by atoms with Gasteiger partial charge in [-0.2, -0.15) is 0 Å². The van der Waals surface area contributed by atoms with Crippen molar-refractivity contribution in [3.8, 4) is 5.75 Å². The van der Waals surface area contributed by atoms with Crippen LogP contribution in [0, 0.1) is 0 Å². The fourth-order valence-corrected chi connectivity index (χ4v) is 2.81. The molecule has 0 bridgehead atoms. The van der Waals surface area contributed by atoms with Crippen LogP contribution in [0.5, 0.6) is 5.75 Å². The van der Waals surface area contributed by atoms with Crippen molar-refractivity contribution in [2.45, 2.75) is 65.2 Å². The Balaban J connectivity index is 1.78. The second-order valence-corrected chi connectivity index (χ2v) is 6.86. The van der Waals surface area contributed by atoms with Gasteiger partial charge >= 0.3 is 0 Å². The van der Waals surface area contributed by atoms with Crippen LogP contribution >= 0.6 is 0 Å². The zero-order chi connectivity index (χ0) is 18.5. The Bertz CT molecular complexity index is 628. The molecule has 0 radical (unpaired) electrons. The maximum absolute atomic E-state index is 5.69. The molecule has 0 N–H and O–H groups in total. The third-order valence-electron chi connectivity index (χ3n) is 4.51. The van der Waals surface area contributed by atoms with Crippen molar-refractivity contribution in [3.05, 3.63) is 59.7 Å². The number of unbranched alkanes of at least 4 members (excludes halogenated alkanes) is 5. The van der Waals surface area contributed by atoms with Crippen LogP contribution in [0.4, 0.5) is 5.69 Å². The molecule has 2 rings (SSSR count). The quantitative estimate of drug-likeness (QED) is 0.294. The zero-order valence-electron chi connectivity index (χ0n) is 16.4. The van der Waals surface area contributed by atoms with Crippen LogP contribution in [0.15, 0.2) is 53.5 Å². The van der Waals surface area contributed by atoms with Crippen molar-refractivity contribution in [3.63, 3.8) is 0 Å². The fraction of sp³-hybridized carbons (Fsp3) is 0.458. The molecule has 0 heterocycles. The summed E-state index contributed by atoms with van der Waals surface area (Å²) in [5, 5.41) is 0. The topological polar surface area (TPSA) is 21.6 Å². The Labute approximate surface area is 159 Å². The lowest BCUT2D eigenvalue weighted by atomic mass is 10.1. The number of nitrogens with zero attached hydrogens (tertiary/aromatic N) is 1. The first-order chi connectivity index (χ1) is 12.8. The highest BCUT2D eigenvalue weighted by atomic mass is 16.5. The molecule has 26 heavy (non-hydrogen) atoms. The largest absolute Gasteiger partial charge is 0.494 e. The van der Waals surface area contributed by atoms with Gasteiger partial charge in [0, 0.05) is 6.21 Å². The molecule has 2 heteroatoms. The Morgan fingerprint density at radius 3 is 2.15 bits per heavy atom. The van der Waals surface area contributed by atoms with E-state index >= 15 is 0 Å². The minimum Gasteiger partial charge on any atom is -0.494 e. The first-order valence-electron chi connectivity index (χ1n) is 10.2. The number of ether oxygens (including phenoxy) is 1. The van der Waals surface area contributed by atoms with Crippen molar-refractivity contribution < 1.29 is 4.74 Å². The van der Waals surface area contributed by atoms with Crippen molar-refractivity contribution in [2.75, 3.05) is 6.61 Å². The van der Waals surface area contributed by atoms with Crippen LogP contribution in [0.2, 0.25) is 0 Å². The fourth-order valence-electron chi connectivity index (χ4n) is 2.81. The predicted octanol–water partition coefficient (Wildman–Crippen LogP) is 7.13. The maximum Gasteiger partial charge on any atom is 0.119 e. The number of aliphatic imine (C=N–C) groups is 1. The smallest absolute Gasteiger partial charge is 0.119 e. The molecule has 0 unspecified atom stereocenters. The summed E-state index contributed by atoms with van der Waals surface area (Å²) in [6.07, 6.45) is 12.0. The predicted molar refractivity (Wildman–Crippen MR) is 113 cm³/mol. The Hall–Kier alpha value is -2.09. The highest BCUT2D eigenvalue weighted by Crippen LogP contribution is 2.16. The van der Waals surface area contributed by atoms with Gasteiger partial charge in [-0.3, -0.25) is 4.99 Å². The molecule has 0 aromatic heterocycles. The van der Waals surface area contributed by atoms with E-state index in [1.807, 2.05) is 18.3 Å². The number of aryl methyl sites for hydroxylation is 1. The van der Waals surface area contributed by atoms with E-state index < -0.39 is 0 Å². The third-order valence-corrected chi connectivity index (χ3v) is 4.51. The number of hydrogen-bond donors (Lipinski definition) is 0. The molecule has 140 valence electrons. The normalized spacial score (nSPS) is 11.2. The molecule has 0 spiro atoms. The van der Waals surface area contributed by atoms with Crippen LogP contribution in [0.3, 0.4) is 0 Å². The van der Waals surface area contributed by atoms with Crippen molar-refractivity contribution >= 4 is 11.9 Å². The average molecular weight is 352 g/mol. The van der Waals surface area contributed by atoms with Crippen LogP contribution < -0.4 is 4.74 Å². The summed E-state index contributed by atoms with van der Waals surface area (Å²) in [5.41, 5.74) is 3.50. The molecule has 0 atom stereocenters. The molecule has 0 fully saturated rings. The van der Waals surface area contributed by atoms with Gasteiger partial charge in [0.15, 0.2) is 0 Å². The highest BCUT2D eigenvalue weighted by molar-refractivity contribution is 5.82. The van der Waals surface area contributed by atoms with Crippen molar-refractivity contribution in [2.24, 2.45) is 4.99 Å². The summed E-state index contributed by atoms with van der Waals surface area (Å²) < 4.78 is 5.69. The van der Waals surface area contributed by atoms with Crippen LogP contribution in [-0.4, -0.2) is 12.8 Å². The first-order valence-corrected chi connectivity index (χ1v) is 10.2. The van der Waals surface area contributed by atoms with Gasteiger partial charge in [-0.25, -0.2) is 0 Å². The molecule has 2 aromatic rings. The lowest BCUT2D eigenvalue weighted by Crippen LogP contribution is -1.96. The van der Waals surface area contributed by atoms with E-state index in [0.717, 1.165) is 36.4 Å². The molecule has 0 aliphatic rings. The molecule has 0 aliphatic heterocycles. The van der Waals surface area contributed by atoms with Gasteiger partial charge < -0.3 is 4.74 Å². The molecule has 0 saturated carbocycles. The lowest BCUT2D eigenvalue weighted by Gasteiger charge is -2.05. The van der Waals surface area contributed by atoms with E-state index in [1.54, 1.807) is 0 Å². The molecule has 2 nitrogen and oxygen atoms in total. The van der Waals surface area contributed by atoms with Crippen LogP contribution in [-0.2, 0) is 6.42 Å². The number of hydrogen-bond acceptors (Lipinski definition) is 2. The monoisotopic (exact) mass is 351 g/mol. The zero-order valence-corrected chi connectivity index (χ0v) is 16.4. The summed E-state index contributed by atoms with van der Waals surface area (Å²) in [5.74, 6) is 0.930. The maximum atomic E-state index is 5.69. The summed E-state index contributed by atoms with van der Waals surface area (Å²) in [6, 6.07) is 16.8. The van der Waals surface area contributed by atoms with Gasteiger partial charge in [-0.1, -0.05) is 58.1 Å². The first kappa shape index (κ1) is 20.2. The van der Waals surface area contributed by atoms with Crippen molar-refractivity contribution in [1.29, 1.82) is 0 Å². The number of benzene rings is 2. The van der Waals surface area contributed by atoms with E-state index in [0.29, 0.717) is 0 Å². The second-order valence-electron chi connectivity index (χ2n) is 6.86. The molecule has 0 aliphatic carbocycles. The summed E-state index contributed by atoms with van der Waals surface area (Å²) in [4.78, 5) is 4.58. The van der Waals surface area contributed by atoms with Gasteiger partial charge in [0.2, 0.25) is 0 Å². The molecule has 2 aromatic carbocycles. The van der Waals surface area contributed by atoms with Gasteiger partial charge in [-0.05, 0) is 66.8 Å². The Kier molecular flexibility index (Phi) is 9.56. The van der Waals surface area contributed by atoms with E-state index in [9.17, 15) is 0 Å². The minimum atomic E-state index is 0.787. The van der Waals surface area contributed by atoms with Gasteiger partial charge in [0.25, 0.3) is 0 Å². The minimum absolute atomic E-state index is 0.787. The average Bonchev–Trinajstić information content (AvgIpc) is 2.68. The highest BCUT2D eigenvalue weighted by Gasteiger charge is 1.96. The summed E-state index contributed by atoms with van der Waals surface area (Å²) >= 11 is 0. The van der Waals surface area contributed by atoms with E-state index in [2.05, 4.69) is 55.2 Å². The van der Waals surface area contributed by atoms with Gasteiger partial charge in [0.1, 0.15) is 5.75 Å². The van der Waals surface area contributed by atoms with Gasteiger partial charge in [0.05, 0.1) is 12.3 Å². The molecular weight excluding hydrogens is 318 g/mol. The molecule has 0 amide bonds. The molecular formula is C24H33NO. The van der Waals surface area contributed by atoms with E-state index in [4.69, 9.17) is 4.74 Å². The van der Waals surface area contributed by atoms with E-state index in [1.165, 1.54) is 44.1 Å². The summed E-state index contributed by atoms with van der Waals surface area (Å²) in [6.45, 7) is 5.22. The Morgan fingerprint density at radius 1 is 0.769 bits per heavy atom. The Morgan fingerprint density at radius 2 is 1.46 bits per heavy atom. The lowest BCUT2D eigenvalue weighted by molar-refractivity contribution is 0.309. The number of rotatable bonds is 12. The molecule has 0 saturated heterocycles. The summed E-state index contributed by atoms with van der Waals surface area (Å²) in [7, 11) is 0. The van der Waals surface area contributed by atoms with Gasteiger partial charge in [-0.15, -0.1) is 0 Å². The van der Waals surface area contributed by atoms with E-state index in [-0.39, 0.29) is 0 Å². The van der Waals surface area contributed by atoms with Crippen molar-refractivity contribution in [1.82, 2.24) is 0 Å². The van der Waals surface area contributed by atoms with Crippen LogP contribution in [0.1, 0.15) is 69.9 Å².